The second-order valence-corrected chi connectivity index (χ2v) is 4.93. The number of hydrogen-bond donors (Lipinski definition) is 0. The van der Waals surface area contributed by atoms with E-state index in [1.165, 1.54) is 12.1 Å². The van der Waals surface area contributed by atoms with Crippen LogP contribution in [0.5, 0.6) is 11.5 Å². The van der Waals surface area contributed by atoms with Gasteiger partial charge >= 0.3 is 12.5 Å². The van der Waals surface area contributed by atoms with Gasteiger partial charge in [0.05, 0.1) is 5.56 Å². The lowest BCUT2D eigenvalue weighted by atomic mass is 10.1. The standard InChI is InChI=1S/C16H11F7O2/c1-2-9-3-5-10(6-4-9)15(19,20)24-11-7-12(17)14(13(18)8-11)25-16(21,22)23/h3-8H,2H2,1H3. The summed E-state index contributed by atoms with van der Waals surface area (Å²) in [4.78, 5) is 0. The van der Waals surface area contributed by atoms with Crippen LogP contribution in [0.4, 0.5) is 30.7 Å². The molecule has 0 unspecified atom stereocenters. The number of benzene rings is 2. The summed E-state index contributed by atoms with van der Waals surface area (Å²) >= 11 is 0. The molecule has 0 atom stereocenters. The van der Waals surface area contributed by atoms with Crippen molar-refractivity contribution in [1.82, 2.24) is 0 Å². The molecule has 0 aliphatic heterocycles. The van der Waals surface area contributed by atoms with Crippen LogP contribution in [0.1, 0.15) is 18.1 Å². The Bertz CT molecular complexity index is 716. The van der Waals surface area contributed by atoms with Crippen molar-refractivity contribution in [2.75, 3.05) is 0 Å². The van der Waals surface area contributed by atoms with Crippen molar-refractivity contribution in [3.63, 3.8) is 0 Å². The van der Waals surface area contributed by atoms with Crippen molar-refractivity contribution in [2.24, 2.45) is 0 Å². The van der Waals surface area contributed by atoms with Crippen molar-refractivity contribution in [3.05, 3.63) is 59.2 Å². The van der Waals surface area contributed by atoms with E-state index in [2.05, 4.69) is 9.47 Å². The number of hydrogen-bond acceptors (Lipinski definition) is 2. The molecule has 0 aromatic heterocycles. The van der Waals surface area contributed by atoms with Gasteiger partial charge in [-0.3, -0.25) is 0 Å². The van der Waals surface area contributed by atoms with Gasteiger partial charge in [0.1, 0.15) is 5.75 Å². The van der Waals surface area contributed by atoms with Crippen LogP contribution in [-0.2, 0) is 12.5 Å². The molecule has 0 saturated heterocycles. The summed E-state index contributed by atoms with van der Waals surface area (Å²) in [5.41, 5.74) is 0.200. The highest BCUT2D eigenvalue weighted by molar-refractivity contribution is 5.36. The number of ether oxygens (including phenoxy) is 2. The zero-order chi connectivity index (χ0) is 18.8. The highest BCUT2D eigenvalue weighted by atomic mass is 19.4. The van der Waals surface area contributed by atoms with E-state index in [4.69, 9.17) is 0 Å². The number of aryl methyl sites for hydroxylation is 1. The maximum Gasteiger partial charge on any atom is 0.573 e. The van der Waals surface area contributed by atoms with Crippen LogP contribution in [-0.4, -0.2) is 6.36 Å². The molecule has 2 rings (SSSR count). The van der Waals surface area contributed by atoms with Crippen molar-refractivity contribution >= 4 is 0 Å². The molecular formula is C16H11F7O2. The summed E-state index contributed by atoms with van der Waals surface area (Å²) in [5.74, 6) is -6.40. The zero-order valence-electron chi connectivity index (χ0n) is 12.6. The van der Waals surface area contributed by atoms with Gasteiger partial charge in [-0.25, -0.2) is 8.78 Å². The average Bonchev–Trinajstić information content (AvgIpc) is 2.50. The summed E-state index contributed by atoms with van der Waals surface area (Å²) in [7, 11) is 0. The largest absolute Gasteiger partial charge is 0.573 e. The van der Waals surface area contributed by atoms with Gasteiger partial charge in [-0.1, -0.05) is 19.1 Å². The minimum Gasteiger partial charge on any atom is -0.429 e. The Morgan fingerprint density at radius 3 is 1.80 bits per heavy atom. The second kappa shape index (κ2) is 6.81. The van der Waals surface area contributed by atoms with E-state index < -0.39 is 41.2 Å². The highest BCUT2D eigenvalue weighted by Gasteiger charge is 2.37. The first-order chi connectivity index (χ1) is 11.5. The number of halogens is 7. The Hall–Kier alpha value is -2.45. The van der Waals surface area contributed by atoms with Crippen LogP contribution in [0.15, 0.2) is 36.4 Å². The molecule has 0 fully saturated rings. The van der Waals surface area contributed by atoms with Gasteiger partial charge in [0, 0.05) is 12.1 Å². The van der Waals surface area contributed by atoms with Gasteiger partial charge in [-0.15, -0.1) is 13.2 Å². The van der Waals surface area contributed by atoms with E-state index in [0.717, 1.165) is 17.7 Å². The molecule has 9 heteroatoms. The maximum atomic E-state index is 14.0. The minimum absolute atomic E-state index is 0.179. The van der Waals surface area contributed by atoms with E-state index >= 15 is 0 Å². The lowest BCUT2D eigenvalue weighted by molar-refractivity contribution is -0.276. The Morgan fingerprint density at radius 2 is 1.36 bits per heavy atom. The van der Waals surface area contributed by atoms with Crippen LogP contribution in [0.25, 0.3) is 0 Å². The predicted octanol–water partition coefficient (Wildman–Crippen LogP) is 5.55. The number of alkyl halides is 5. The smallest absolute Gasteiger partial charge is 0.429 e. The average molecular weight is 368 g/mol. The summed E-state index contributed by atoms with van der Waals surface area (Å²) in [5, 5.41) is 0. The Kier molecular flexibility index (Phi) is 5.15. The normalized spacial score (nSPS) is 12.2. The molecule has 0 N–H and O–H groups in total. The minimum atomic E-state index is -5.34. The van der Waals surface area contributed by atoms with Gasteiger partial charge in [0.2, 0.25) is 5.75 Å². The molecule has 0 heterocycles. The fourth-order valence-corrected chi connectivity index (χ4v) is 1.95. The maximum absolute atomic E-state index is 14.0. The Balaban J connectivity index is 2.26. The Labute approximate surface area is 137 Å². The third kappa shape index (κ3) is 4.77. The lowest BCUT2D eigenvalue weighted by Gasteiger charge is -2.19. The molecule has 0 saturated carbocycles. The van der Waals surface area contributed by atoms with E-state index in [9.17, 15) is 30.7 Å². The van der Waals surface area contributed by atoms with Gasteiger partial charge in [0.15, 0.2) is 11.6 Å². The van der Waals surface area contributed by atoms with Gasteiger partial charge in [-0.2, -0.15) is 8.78 Å². The third-order valence-electron chi connectivity index (χ3n) is 3.13. The summed E-state index contributed by atoms with van der Waals surface area (Å²) in [6.07, 6.45) is -8.67. The molecule has 0 amide bonds. The topological polar surface area (TPSA) is 18.5 Å². The van der Waals surface area contributed by atoms with E-state index in [-0.39, 0.29) is 12.1 Å². The molecule has 0 bridgehead atoms. The third-order valence-corrected chi connectivity index (χ3v) is 3.13. The number of rotatable bonds is 5. The fourth-order valence-electron chi connectivity index (χ4n) is 1.95. The molecule has 0 radical (unpaired) electrons. The Morgan fingerprint density at radius 1 is 0.840 bits per heavy atom. The van der Waals surface area contributed by atoms with Crippen LogP contribution in [0, 0.1) is 11.6 Å². The first-order valence-corrected chi connectivity index (χ1v) is 6.93. The molecule has 2 aromatic rings. The van der Waals surface area contributed by atoms with Crippen LogP contribution < -0.4 is 9.47 Å². The molecule has 2 nitrogen and oxygen atoms in total. The second-order valence-electron chi connectivity index (χ2n) is 4.93. The molecular weight excluding hydrogens is 357 g/mol. The molecule has 0 spiro atoms. The summed E-state index contributed by atoms with van der Waals surface area (Å²) in [6.45, 7) is 1.82. The van der Waals surface area contributed by atoms with Gasteiger partial charge < -0.3 is 9.47 Å². The molecule has 2 aromatic carbocycles. The molecule has 0 aliphatic carbocycles. The molecule has 0 aliphatic rings. The van der Waals surface area contributed by atoms with Gasteiger partial charge in [-0.05, 0) is 24.1 Å². The van der Waals surface area contributed by atoms with Crippen LogP contribution in [0.3, 0.4) is 0 Å². The van der Waals surface area contributed by atoms with Gasteiger partial charge in [0.25, 0.3) is 0 Å². The van der Waals surface area contributed by atoms with E-state index in [1.807, 2.05) is 6.92 Å². The predicted molar refractivity (Wildman–Crippen MR) is 73.4 cm³/mol. The SMILES string of the molecule is CCc1ccc(C(F)(F)Oc2cc(F)c(OC(F)(F)F)c(F)c2)cc1. The van der Waals surface area contributed by atoms with Crippen molar-refractivity contribution in [1.29, 1.82) is 0 Å². The summed E-state index contributed by atoms with van der Waals surface area (Å²) in [6, 6.07) is 5.36. The van der Waals surface area contributed by atoms with Crippen LogP contribution >= 0.6 is 0 Å². The quantitative estimate of drug-likeness (QED) is 0.644. The van der Waals surface area contributed by atoms with E-state index in [0.29, 0.717) is 6.42 Å². The lowest BCUT2D eigenvalue weighted by Crippen LogP contribution is -2.22. The van der Waals surface area contributed by atoms with Crippen molar-refractivity contribution < 1.29 is 40.2 Å². The van der Waals surface area contributed by atoms with Crippen molar-refractivity contribution in [2.45, 2.75) is 25.8 Å². The first kappa shape index (κ1) is 18.9. The molecule has 136 valence electrons. The summed E-state index contributed by atoms with van der Waals surface area (Å²) < 4.78 is 98.7. The monoisotopic (exact) mass is 368 g/mol. The fraction of sp³-hybridized carbons (Fsp3) is 0.250. The first-order valence-electron chi connectivity index (χ1n) is 6.93. The zero-order valence-corrected chi connectivity index (χ0v) is 12.6. The molecule has 25 heavy (non-hydrogen) atoms. The van der Waals surface area contributed by atoms with Crippen LogP contribution in [0.2, 0.25) is 0 Å². The van der Waals surface area contributed by atoms with E-state index in [1.54, 1.807) is 0 Å². The van der Waals surface area contributed by atoms with Crippen molar-refractivity contribution in [3.8, 4) is 11.5 Å². The highest BCUT2D eigenvalue weighted by Crippen LogP contribution is 2.36.